The molecule has 0 amide bonds. The maximum absolute atomic E-state index is 13.2. The molecule has 0 bridgehead atoms. The van der Waals surface area contributed by atoms with Crippen LogP contribution in [0.25, 0.3) is 10.9 Å². The third-order valence-electron chi connectivity index (χ3n) is 3.33. The minimum atomic E-state index is -0.572. The molecule has 21 heavy (non-hydrogen) atoms. The molecule has 0 saturated carbocycles. The van der Waals surface area contributed by atoms with E-state index >= 15 is 0 Å². The summed E-state index contributed by atoms with van der Waals surface area (Å²) in [5.74, 6) is -1.14. The predicted molar refractivity (Wildman–Crippen MR) is 83.3 cm³/mol. The van der Waals surface area contributed by atoms with Crippen LogP contribution >= 0.6 is 12.2 Å². The van der Waals surface area contributed by atoms with Gasteiger partial charge < -0.3 is 10.3 Å². The highest BCUT2D eigenvalue weighted by Crippen LogP contribution is 2.20. The predicted octanol–water partition coefficient (Wildman–Crippen LogP) is 3.60. The molecule has 0 atom stereocenters. The number of benzene rings is 2. The van der Waals surface area contributed by atoms with E-state index in [1.165, 1.54) is 12.1 Å². The van der Waals surface area contributed by atoms with Crippen LogP contribution in [0.4, 0.5) is 8.78 Å². The first-order valence-corrected chi connectivity index (χ1v) is 6.77. The second-order valence-corrected chi connectivity index (χ2v) is 5.30. The number of hydrogen-bond donors (Lipinski definition) is 1. The van der Waals surface area contributed by atoms with Gasteiger partial charge in [-0.05, 0) is 42.0 Å². The molecule has 5 heteroatoms. The normalized spacial score (nSPS) is 11.0. The Hall–Kier alpha value is -2.27. The fourth-order valence-electron chi connectivity index (χ4n) is 2.39. The minimum Gasteiger partial charge on any atom is -0.389 e. The summed E-state index contributed by atoms with van der Waals surface area (Å²) >= 11 is 4.95. The van der Waals surface area contributed by atoms with Gasteiger partial charge in [0, 0.05) is 35.3 Å². The van der Waals surface area contributed by atoms with Gasteiger partial charge in [-0.3, -0.25) is 0 Å². The number of halogens is 2. The van der Waals surface area contributed by atoms with Gasteiger partial charge in [0.05, 0.1) is 0 Å². The Morgan fingerprint density at radius 3 is 2.43 bits per heavy atom. The molecule has 2 nitrogen and oxygen atoms in total. The van der Waals surface area contributed by atoms with Crippen molar-refractivity contribution in [3.05, 3.63) is 71.4 Å². The highest BCUT2D eigenvalue weighted by atomic mass is 32.1. The minimum absolute atomic E-state index is 0.344. The summed E-state index contributed by atoms with van der Waals surface area (Å²) in [7, 11) is 0. The Morgan fingerprint density at radius 1 is 1.05 bits per heavy atom. The van der Waals surface area contributed by atoms with Crippen molar-refractivity contribution < 1.29 is 8.78 Å². The number of aromatic nitrogens is 1. The molecule has 1 aromatic heterocycles. The van der Waals surface area contributed by atoms with Gasteiger partial charge in [-0.25, -0.2) is 8.78 Å². The molecular weight excluding hydrogens is 290 g/mol. The van der Waals surface area contributed by atoms with Crippen LogP contribution < -0.4 is 5.73 Å². The van der Waals surface area contributed by atoms with Crippen LogP contribution in [0.3, 0.4) is 0 Å². The van der Waals surface area contributed by atoms with Gasteiger partial charge in [0.25, 0.3) is 0 Å². The maximum Gasteiger partial charge on any atom is 0.126 e. The molecule has 0 aliphatic heterocycles. The molecule has 3 rings (SSSR count). The summed E-state index contributed by atoms with van der Waals surface area (Å²) in [6, 6.07) is 11.1. The van der Waals surface area contributed by atoms with E-state index in [0.717, 1.165) is 22.5 Å². The molecule has 0 fully saturated rings. The largest absolute Gasteiger partial charge is 0.389 e. The van der Waals surface area contributed by atoms with Crippen LogP contribution in [0.2, 0.25) is 0 Å². The summed E-state index contributed by atoms with van der Waals surface area (Å²) in [5, 5.41) is 0.983. The monoisotopic (exact) mass is 302 g/mol. The van der Waals surface area contributed by atoms with Crippen LogP contribution in [0, 0.1) is 11.6 Å². The third-order valence-corrected chi connectivity index (χ3v) is 3.57. The lowest BCUT2D eigenvalue weighted by Gasteiger charge is -2.07. The Balaban J connectivity index is 1.99. The Labute approximate surface area is 125 Å². The Kier molecular flexibility index (Phi) is 3.43. The van der Waals surface area contributed by atoms with Crippen LogP contribution in [0.5, 0.6) is 0 Å². The van der Waals surface area contributed by atoms with E-state index in [4.69, 9.17) is 18.0 Å². The number of rotatable bonds is 3. The molecule has 1 heterocycles. The van der Waals surface area contributed by atoms with Crippen LogP contribution in [0.15, 0.2) is 48.7 Å². The SMILES string of the molecule is NC(=S)c1ccc2c(ccn2Cc2cc(F)cc(F)c2)c1. The average molecular weight is 302 g/mol. The standard InChI is InChI=1S/C16H12F2N2S/c17-13-5-10(6-14(18)8-13)9-20-4-3-11-7-12(16(19)21)1-2-15(11)20/h1-8H,9H2,(H2,19,21). The van der Waals surface area contributed by atoms with Crippen molar-refractivity contribution in [2.75, 3.05) is 0 Å². The number of nitrogens with zero attached hydrogens (tertiary/aromatic N) is 1. The molecule has 2 aromatic carbocycles. The van der Waals surface area contributed by atoms with Gasteiger partial charge in [0.2, 0.25) is 0 Å². The summed E-state index contributed by atoms with van der Waals surface area (Å²) in [5.41, 5.74) is 7.94. The summed E-state index contributed by atoms with van der Waals surface area (Å²) < 4.78 is 28.4. The van der Waals surface area contributed by atoms with Gasteiger partial charge >= 0.3 is 0 Å². The molecule has 0 aliphatic carbocycles. The molecule has 0 saturated heterocycles. The molecule has 0 unspecified atom stereocenters. The smallest absolute Gasteiger partial charge is 0.126 e. The Bertz CT molecular complexity index is 819. The molecule has 0 radical (unpaired) electrons. The first-order valence-electron chi connectivity index (χ1n) is 6.36. The summed E-state index contributed by atoms with van der Waals surface area (Å²) in [6.07, 6.45) is 1.87. The van der Waals surface area contributed by atoms with Gasteiger partial charge in [-0.2, -0.15) is 0 Å². The molecule has 3 aromatic rings. The van der Waals surface area contributed by atoms with E-state index in [1.54, 1.807) is 0 Å². The fourth-order valence-corrected chi connectivity index (χ4v) is 2.52. The molecule has 2 N–H and O–H groups in total. The zero-order chi connectivity index (χ0) is 15.0. The van der Waals surface area contributed by atoms with Crippen molar-refractivity contribution in [3.8, 4) is 0 Å². The molecule has 0 aliphatic rings. The quantitative estimate of drug-likeness (QED) is 0.749. The van der Waals surface area contributed by atoms with Crippen molar-refractivity contribution in [2.45, 2.75) is 6.54 Å². The summed E-state index contributed by atoms with van der Waals surface area (Å²) in [6.45, 7) is 0.393. The van der Waals surface area contributed by atoms with E-state index in [1.807, 2.05) is 35.0 Å². The van der Waals surface area contributed by atoms with E-state index in [9.17, 15) is 8.78 Å². The first kappa shape index (κ1) is 13.7. The number of hydrogen-bond acceptors (Lipinski definition) is 1. The fraction of sp³-hybridized carbons (Fsp3) is 0.0625. The Morgan fingerprint density at radius 2 is 1.76 bits per heavy atom. The first-order chi connectivity index (χ1) is 10.0. The maximum atomic E-state index is 13.2. The third kappa shape index (κ3) is 2.78. The van der Waals surface area contributed by atoms with Crippen LogP contribution in [-0.2, 0) is 6.54 Å². The molecular formula is C16H12F2N2S. The second kappa shape index (κ2) is 5.26. The van der Waals surface area contributed by atoms with Crippen molar-refractivity contribution >= 4 is 28.1 Å². The number of fused-ring (bicyclic) bond motifs is 1. The van der Waals surface area contributed by atoms with E-state index in [-0.39, 0.29) is 0 Å². The van der Waals surface area contributed by atoms with Gasteiger partial charge in [-0.1, -0.05) is 12.2 Å². The van der Waals surface area contributed by atoms with Crippen molar-refractivity contribution in [3.63, 3.8) is 0 Å². The molecule has 0 spiro atoms. The van der Waals surface area contributed by atoms with Crippen molar-refractivity contribution in [1.82, 2.24) is 4.57 Å². The van der Waals surface area contributed by atoms with E-state index in [2.05, 4.69) is 0 Å². The zero-order valence-electron chi connectivity index (χ0n) is 11.0. The van der Waals surface area contributed by atoms with Crippen molar-refractivity contribution in [1.29, 1.82) is 0 Å². The lowest BCUT2D eigenvalue weighted by molar-refractivity contribution is 0.578. The number of thiocarbonyl (C=S) groups is 1. The van der Waals surface area contributed by atoms with E-state index in [0.29, 0.717) is 17.1 Å². The lowest BCUT2D eigenvalue weighted by atomic mass is 10.1. The van der Waals surface area contributed by atoms with Crippen LogP contribution in [-0.4, -0.2) is 9.56 Å². The highest BCUT2D eigenvalue weighted by Gasteiger charge is 2.06. The van der Waals surface area contributed by atoms with Gasteiger partial charge in [0.15, 0.2) is 0 Å². The van der Waals surface area contributed by atoms with E-state index < -0.39 is 11.6 Å². The lowest BCUT2D eigenvalue weighted by Crippen LogP contribution is -2.08. The topological polar surface area (TPSA) is 30.9 Å². The van der Waals surface area contributed by atoms with Gasteiger partial charge in [-0.15, -0.1) is 0 Å². The second-order valence-electron chi connectivity index (χ2n) is 4.86. The van der Waals surface area contributed by atoms with Gasteiger partial charge in [0.1, 0.15) is 16.6 Å². The van der Waals surface area contributed by atoms with Crippen molar-refractivity contribution in [2.24, 2.45) is 5.73 Å². The number of nitrogens with two attached hydrogens (primary N) is 1. The highest BCUT2D eigenvalue weighted by molar-refractivity contribution is 7.80. The summed E-state index contributed by atoms with van der Waals surface area (Å²) in [4.78, 5) is 0.344. The van der Waals surface area contributed by atoms with Crippen LogP contribution in [0.1, 0.15) is 11.1 Å². The molecule has 106 valence electrons. The average Bonchev–Trinajstić information content (AvgIpc) is 2.80. The zero-order valence-corrected chi connectivity index (χ0v) is 11.8.